The number of nitrogens with zero attached hydrogens (tertiary/aromatic N) is 3. The Balaban J connectivity index is 1.33. The van der Waals surface area contributed by atoms with Crippen molar-refractivity contribution in [1.29, 1.82) is 0 Å². The first-order valence-corrected chi connectivity index (χ1v) is 13.2. The van der Waals surface area contributed by atoms with Crippen LogP contribution in [0.1, 0.15) is 53.9 Å². The lowest BCUT2D eigenvalue weighted by Gasteiger charge is -2.24. The van der Waals surface area contributed by atoms with Gasteiger partial charge in [-0.1, -0.05) is 6.07 Å². The van der Waals surface area contributed by atoms with Gasteiger partial charge in [-0.05, 0) is 67.2 Å². The quantitative estimate of drug-likeness (QED) is 0.710. The monoisotopic (exact) mass is 471 g/mol. The van der Waals surface area contributed by atoms with Gasteiger partial charge in [-0.2, -0.15) is 5.10 Å². The summed E-state index contributed by atoms with van der Waals surface area (Å²) in [6.45, 7) is 1.87. The van der Waals surface area contributed by atoms with Crippen molar-refractivity contribution in [1.82, 2.24) is 9.78 Å². The number of anilines is 1. The van der Waals surface area contributed by atoms with E-state index >= 15 is 0 Å². The topological polar surface area (TPSA) is 121 Å². The molecule has 0 radical (unpaired) electrons. The van der Waals surface area contributed by atoms with Crippen LogP contribution in [-0.2, 0) is 40.5 Å². The van der Waals surface area contributed by atoms with Crippen LogP contribution < -0.4 is 15.2 Å². The van der Waals surface area contributed by atoms with Crippen molar-refractivity contribution in [3.63, 3.8) is 0 Å². The van der Waals surface area contributed by atoms with E-state index in [1.807, 2.05) is 0 Å². The molecule has 1 saturated carbocycles. The molecule has 10 heteroatoms. The molecule has 6 rings (SSSR count). The number of fused-ring (bicyclic) bond motifs is 3. The summed E-state index contributed by atoms with van der Waals surface area (Å²) in [6, 6.07) is 1.58. The SMILES string of the molecule is COC[C@H]1CCc2cc3c(c(NC(=O)N=[S@@](N)(=O)c4cnn5c4OCC4(CC4)C5)c21)CCC3. The van der Waals surface area contributed by atoms with Gasteiger partial charge in [-0.3, -0.25) is 0 Å². The van der Waals surface area contributed by atoms with Gasteiger partial charge in [0.1, 0.15) is 4.90 Å². The highest BCUT2D eigenvalue weighted by Gasteiger charge is 2.48. The largest absolute Gasteiger partial charge is 0.476 e. The molecule has 3 aliphatic carbocycles. The molecular formula is C23H29N5O4S. The molecule has 0 bridgehead atoms. The number of hydrogen-bond donors (Lipinski definition) is 2. The number of nitrogens with one attached hydrogen (secondary N) is 1. The number of carbonyl (C=O) groups excluding carboxylic acids is 1. The lowest BCUT2D eigenvalue weighted by molar-refractivity contribution is 0.144. The first-order chi connectivity index (χ1) is 15.9. The highest BCUT2D eigenvalue weighted by molar-refractivity contribution is 7.91. The molecule has 2 atom stereocenters. The Bertz CT molecular complexity index is 1270. The molecule has 3 N–H and O–H groups in total. The highest BCUT2D eigenvalue weighted by Crippen LogP contribution is 2.50. The number of carbonyl (C=O) groups is 1. The molecule has 1 aromatic heterocycles. The maximum Gasteiger partial charge on any atom is 0.354 e. The van der Waals surface area contributed by atoms with Crippen molar-refractivity contribution in [3.8, 4) is 5.88 Å². The van der Waals surface area contributed by atoms with Crippen LogP contribution in [0, 0.1) is 5.41 Å². The zero-order valence-electron chi connectivity index (χ0n) is 18.8. The van der Waals surface area contributed by atoms with Crippen molar-refractivity contribution in [2.24, 2.45) is 14.9 Å². The predicted molar refractivity (Wildman–Crippen MR) is 123 cm³/mol. The molecule has 176 valence electrons. The average molecular weight is 472 g/mol. The zero-order chi connectivity index (χ0) is 22.8. The van der Waals surface area contributed by atoms with Crippen LogP contribution in [0.2, 0.25) is 0 Å². The second-order valence-corrected chi connectivity index (χ2v) is 11.6. The molecule has 0 saturated heterocycles. The molecule has 1 aromatic carbocycles. The molecule has 33 heavy (non-hydrogen) atoms. The molecular weight excluding hydrogens is 442 g/mol. The van der Waals surface area contributed by atoms with Gasteiger partial charge in [-0.25, -0.2) is 18.8 Å². The molecule has 2 heterocycles. The number of rotatable bonds is 4. The van der Waals surface area contributed by atoms with Gasteiger partial charge in [0, 0.05) is 24.1 Å². The van der Waals surface area contributed by atoms with Crippen molar-refractivity contribution in [3.05, 3.63) is 34.5 Å². The number of ether oxygens (including phenoxy) is 2. The van der Waals surface area contributed by atoms with Crippen LogP contribution in [0.4, 0.5) is 10.5 Å². The summed E-state index contributed by atoms with van der Waals surface area (Å²) >= 11 is 0. The fraction of sp³-hybridized carbons (Fsp3) is 0.565. The van der Waals surface area contributed by atoms with E-state index in [4.69, 9.17) is 14.6 Å². The van der Waals surface area contributed by atoms with Crippen LogP contribution in [-0.4, -0.2) is 40.3 Å². The fourth-order valence-electron chi connectivity index (χ4n) is 5.66. The lowest BCUT2D eigenvalue weighted by atomic mass is 9.94. The third-order valence-electron chi connectivity index (χ3n) is 7.55. The first-order valence-electron chi connectivity index (χ1n) is 11.6. The van der Waals surface area contributed by atoms with Crippen LogP contribution in [0.15, 0.2) is 21.5 Å². The maximum atomic E-state index is 13.3. The van der Waals surface area contributed by atoms with Gasteiger partial charge in [0.2, 0.25) is 5.88 Å². The molecule has 1 spiro atoms. The summed E-state index contributed by atoms with van der Waals surface area (Å²) in [5.41, 5.74) is 5.79. The summed E-state index contributed by atoms with van der Waals surface area (Å²) in [5, 5.41) is 13.4. The van der Waals surface area contributed by atoms with E-state index in [1.54, 1.807) is 11.8 Å². The Kier molecular flexibility index (Phi) is 4.83. The van der Waals surface area contributed by atoms with Crippen LogP contribution in [0.25, 0.3) is 0 Å². The van der Waals surface area contributed by atoms with Crippen LogP contribution in [0.5, 0.6) is 5.88 Å². The third kappa shape index (κ3) is 3.55. The van der Waals surface area contributed by atoms with Gasteiger partial charge in [0.05, 0.1) is 26.0 Å². The van der Waals surface area contributed by atoms with Crippen LogP contribution in [0.3, 0.4) is 0 Å². The highest BCUT2D eigenvalue weighted by atomic mass is 32.2. The number of aromatic nitrogens is 2. The predicted octanol–water partition coefficient (Wildman–Crippen LogP) is 3.15. The normalized spacial score (nSPS) is 23.3. The smallest absolute Gasteiger partial charge is 0.354 e. The van der Waals surface area contributed by atoms with Gasteiger partial charge in [-0.15, -0.1) is 4.36 Å². The molecule has 2 amide bonds. The summed E-state index contributed by atoms with van der Waals surface area (Å²) < 4.78 is 30.2. The Morgan fingerprint density at radius 2 is 2.24 bits per heavy atom. The number of methoxy groups -OCH3 is 1. The average Bonchev–Trinajstić information content (AvgIpc) is 3.15. The molecule has 1 fully saturated rings. The van der Waals surface area contributed by atoms with Crippen molar-refractivity contribution < 1.29 is 18.5 Å². The fourth-order valence-corrected chi connectivity index (χ4v) is 6.67. The molecule has 4 aliphatic rings. The summed E-state index contributed by atoms with van der Waals surface area (Å²) in [4.78, 5) is 13.2. The van der Waals surface area contributed by atoms with E-state index in [1.165, 1.54) is 17.3 Å². The van der Waals surface area contributed by atoms with E-state index < -0.39 is 15.9 Å². The van der Waals surface area contributed by atoms with E-state index in [0.717, 1.165) is 61.8 Å². The second-order valence-electron chi connectivity index (χ2n) is 9.86. The molecule has 9 nitrogen and oxygen atoms in total. The lowest BCUT2D eigenvalue weighted by Crippen LogP contribution is -2.28. The van der Waals surface area contributed by atoms with Gasteiger partial charge in [0.15, 0.2) is 9.92 Å². The van der Waals surface area contributed by atoms with E-state index in [2.05, 4.69) is 20.8 Å². The van der Waals surface area contributed by atoms with E-state index in [0.29, 0.717) is 25.6 Å². The van der Waals surface area contributed by atoms with Gasteiger partial charge < -0.3 is 14.8 Å². The Hall–Kier alpha value is -2.43. The van der Waals surface area contributed by atoms with E-state index in [-0.39, 0.29) is 16.2 Å². The molecule has 0 unspecified atom stereocenters. The zero-order valence-corrected chi connectivity index (χ0v) is 19.6. The number of nitrogens with two attached hydrogens (primary N) is 1. The minimum Gasteiger partial charge on any atom is -0.476 e. The van der Waals surface area contributed by atoms with Crippen molar-refractivity contribution in [2.45, 2.75) is 62.3 Å². The Morgan fingerprint density at radius 3 is 3.03 bits per heavy atom. The minimum absolute atomic E-state index is 0.146. The third-order valence-corrected chi connectivity index (χ3v) is 8.89. The number of aryl methyl sites for hydroxylation is 2. The summed E-state index contributed by atoms with van der Waals surface area (Å²) in [5.74, 6) is 0.581. The number of urea groups is 1. The second kappa shape index (κ2) is 7.54. The molecule has 2 aromatic rings. The maximum absolute atomic E-state index is 13.3. The van der Waals surface area contributed by atoms with Crippen LogP contribution >= 0.6 is 0 Å². The molecule has 1 aliphatic heterocycles. The summed E-state index contributed by atoms with van der Waals surface area (Å²) in [6.07, 6.45) is 8.54. The van der Waals surface area contributed by atoms with Gasteiger partial charge >= 0.3 is 6.03 Å². The van der Waals surface area contributed by atoms with E-state index in [9.17, 15) is 9.00 Å². The number of amides is 2. The Labute approximate surface area is 193 Å². The van der Waals surface area contributed by atoms with Crippen molar-refractivity contribution in [2.75, 3.05) is 25.6 Å². The minimum atomic E-state index is -3.52. The van der Waals surface area contributed by atoms with Crippen molar-refractivity contribution >= 4 is 21.6 Å². The number of benzene rings is 1. The Morgan fingerprint density at radius 1 is 1.39 bits per heavy atom. The first kappa shape index (κ1) is 21.1. The number of hydrogen-bond acceptors (Lipinski definition) is 5. The standard InChI is InChI=1S/C23H29N5O4S/c1-31-11-16-6-5-15-9-14-3-2-4-17(14)20(19(15)16)26-22(29)27-33(24,30)18-10-25-28-12-23(7-8-23)13-32-21(18)28/h9-10,16H,2-8,11-13H2,1H3,(H3,24,26,27,29,30)/t16-,33-/m1/s1. The van der Waals surface area contributed by atoms with Gasteiger partial charge in [0.25, 0.3) is 0 Å². The summed E-state index contributed by atoms with van der Waals surface area (Å²) in [7, 11) is -1.82.